The summed E-state index contributed by atoms with van der Waals surface area (Å²) in [6.07, 6.45) is 11.5. The van der Waals surface area contributed by atoms with Crippen LogP contribution in [0, 0.1) is 5.92 Å². The second kappa shape index (κ2) is 9.49. The summed E-state index contributed by atoms with van der Waals surface area (Å²) >= 11 is 0. The van der Waals surface area contributed by atoms with Gasteiger partial charge in [-0.1, -0.05) is 19.3 Å². The first-order chi connectivity index (χ1) is 15.7. The van der Waals surface area contributed by atoms with Crippen LogP contribution in [0.1, 0.15) is 56.9 Å². The Hall–Kier alpha value is -2.60. The Balaban J connectivity index is 1.32. The quantitative estimate of drug-likeness (QED) is 0.717. The van der Waals surface area contributed by atoms with Gasteiger partial charge in [0.25, 0.3) is 0 Å². The highest BCUT2D eigenvalue weighted by Gasteiger charge is 2.31. The molecule has 1 amide bonds. The molecule has 1 saturated carbocycles. The highest BCUT2D eigenvalue weighted by Crippen LogP contribution is 2.36. The SMILES string of the molecule is O=C1CCc2cnc(Nc3ccc(N4CCCC(CO)C4)cc3)cc2N1C1CCCCC1. The standard InChI is InChI=1S/C26H34N4O2/c31-18-19-5-4-14-29(17-19)22-11-9-21(10-12-22)28-25-15-24-20(16-27-25)8-13-26(32)30(24)23-6-2-1-3-7-23/h9-12,15-16,19,23,31H,1-8,13-14,17-18H2,(H,27,28). The number of aromatic nitrogens is 1. The van der Waals surface area contributed by atoms with Gasteiger partial charge in [0.15, 0.2) is 0 Å². The van der Waals surface area contributed by atoms with E-state index in [0.717, 1.165) is 62.4 Å². The minimum atomic E-state index is 0.258. The minimum Gasteiger partial charge on any atom is -0.396 e. The number of carbonyl (C=O) groups excluding carboxylic acids is 1. The summed E-state index contributed by atoms with van der Waals surface area (Å²) in [6.45, 7) is 2.22. The van der Waals surface area contributed by atoms with Crippen LogP contribution >= 0.6 is 0 Å². The summed E-state index contributed by atoms with van der Waals surface area (Å²) in [5, 5.41) is 12.9. The van der Waals surface area contributed by atoms with Crippen molar-refractivity contribution in [3.63, 3.8) is 0 Å². The largest absolute Gasteiger partial charge is 0.396 e. The van der Waals surface area contributed by atoms with Gasteiger partial charge in [0.1, 0.15) is 5.82 Å². The van der Waals surface area contributed by atoms with Crippen LogP contribution < -0.4 is 15.1 Å². The Morgan fingerprint density at radius 2 is 1.84 bits per heavy atom. The Kier molecular flexibility index (Phi) is 6.30. The molecule has 1 atom stereocenters. The third-order valence-electron chi connectivity index (χ3n) is 7.32. The number of hydrogen-bond acceptors (Lipinski definition) is 5. The van der Waals surface area contributed by atoms with Crippen molar-refractivity contribution in [3.8, 4) is 0 Å². The summed E-state index contributed by atoms with van der Waals surface area (Å²) in [5.74, 6) is 1.41. The lowest BCUT2D eigenvalue weighted by Gasteiger charge is -2.38. The predicted octanol–water partition coefficient (Wildman–Crippen LogP) is 4.65. The van der Waals surface area contributed by atoms with E-state index in [-0.39, 0.29) is 12.5 Å². The minimum absolute atomic E-state index is 0.258. The van der Waals surface area contributed by atoms with E-state index < -0.39 is 0 Å². The van der Waals surface area contributed by atoms with Gasteiger partial charge in [-0.15, -0.1) is 0 Å². The molecule has 5 rings (SSSR count). The highest BCUT2D eigenvalue weighted by molar-refractivity contribution is 5.97. The van der Waals surface area contributed by atoms with E-state index in [1.807, 2.05) is 6.20 Å². The van der Waals surface area contributed by atoms with E-state index in [2.05, 4.69) is 50.4 Å². The lowest BCUT2D eigenvalue weighted by atomic mass is 9.91. The number of benzene rings is 1. The Morgan fingerprint density at radius 3 is 2.62 bits per heavy atom. The van der Waals surface area contributed by atoms with Crippen molar-refractivity contribution in [1.82, 2.24) is 4.98 Å². The number of carbonyl (C=O) groups is 1. The highest BCUT2D eigenvalue weighted by atomic mass is 16.3. The molecule has 0 radical (unpaired) electrons. The van der Waals surface area contributed by atoms with Crippen LogP contribution in [-0.4, -0.2) is 41.7 Å². The molecule has 1 saturated heterocycles. The van der Waals surface area contributed by atoms with E-state index in [0.29, 0.717) is 18.4 Å². The van der Waals surface area contributed by atoms with Crippen molar-refractivity contribution in [2.24, 2.45) is 5.92 Å². The Morgan fingerprint density at radius 1 is 1.03 bits per heavy atom. The average Bonchev–Trinajstić information content (AvgIpc) is 2.85. The topological polar surface area (TPSA) is 68.7 Å². The molecule has 3 heterocycles. The Labute approximate surface area is 190 Å². The van der Waals surface area contributed by atoms with Gasteiger partial charge in [-0.25, -0.2) is 4.98 Å². The first kappa shape index (κ1) is 21.3. The maximum absolute atomic E-state index is 12.8. The first-order valence-electron chi connectivity index (χ1n) is 12.2. The number of nitrogens with one attached hydrogen (secondary N) is 1. The lowest BCUT2D eigenvalue weighted by Crippen LogP contribution is -2.44. The number of aryl methyl sites for hydroxylation is 1. The second-order valence-corrected chi connectivity index (χ2v) is 9.56. The second-order valence-electron chi connectivity index (χ2n) is 9.56. The molecule has 2 N–H and O–H groups in total. The maximum atomic E-state index is 12.8. The van der Waals surface area contributed by atoms with Gasteiger partial charge in [-0.05, 0) is 67.9 Å². The number of hydrogen-bond donors (Lipinski definition) is 2. The zero-order valence-corrected chi connectivity index (χ0v) is 18.8. The molecule has 1 aromatic heterocycles. The van der Waals surface area contributed by atoms with Crippen LogP contribution in [0.4, 0.5) is 22.9 Å². The molecule has 3 aliphatic rings. The molecule has 1 unspecified atom stereocenters. The summed E-state index contributed by atoms with van der Waals surface area (Å²) in [4.78, 5) is 21.9. The Bertz CT molecular complexity index is 939. The number of aliphatic hydroxyl groups is 1. The van der Waals surface area contributed by atoms with Gasteiger partial charge in [0.2, 0.25) is 5.91 Å². The van der Waals surface area contributed by atoms with E-state index >= 15 is 0 Å². The molecule has 6 nitrogen and oxygen atoms in total. The number of amides is 1. The number of fused-ring (bicyclic) bond motifs is 1. The normalized spacial score (nSPS) is 22.0. The van der Waals surface area contributed by atoms with Crippen molar-refractivity contribution >= 4 is 28.8 Å². The molecule has 6 heteroatoms. The van der Waals surface area contributed by atoms with Crippen molar-refractivity contribution in [3.05, 3.63) is 42.1 Å². The first-order valence-corrected chi connectivity index (χ1v) is 12.2. The third-order valence-corrected chi connectivity index (χ3v) is 7.32. The fourth-order valence-electron chi connectivity index (χ4n) is 5.55. The number of rotatable bonds is 5. The van der Waals surface area contributed by atoms with E-state index in [1.54, 1.807) is 0 Å². The number of aliphatic hydroxyl groups excluding tert-OH is 1. The molecule has 0 bridgehead atoms. The van der Waals surface area contributed by atoms with Gasteiger partial charge in [-0.2, -0.15) is 0 Å². The molecule has 2 fully saturated rings. The smallest absolute Gasteiger partial charge is 0.227 e. The molecule has 0 spiro atoms. The summed E-state index contributed by atoms with van der Waals surface area (Å²) in [7, 11) is 0. The van der Waals surface area contributed by atoms with Gasteiger partial charge >= 0.3 is 0 Å². The van der Waals surface area contributed by atoms with E-state index in [9.17, 15) is 9.90 Å². The van der Waals surface area contributed by atoms with Crippen LogP contribution in [0.2, 0.25) is 0 Å². The van der Waals surface area contributed by atoms with Crippen LogP contribution in [0.15, 0.2) is 36.5 Å². The lowest BCUT2D eigenvalue weighted by molar-refractivity contribution is -0.119. The number of nitrogens with zero attached hydrogens (tertiary/aromatic N) is 3. The van der Waals surface area contributed by atoms with Crippen molar-refractivity contribution < 1.29 is 9.90 Å². The maximum Gasteiger partial charge on any atom is 0.227 e. The van der Waals surface area contributed by atoms with Gasteiger partial charge in [-0.3, -0.25) is 4.79 Å². The van der Waals surface area contributed by atoms with Crippen LogP contribution in [0.5, 0.6) is 0 Å². The molecule has 2 aliphatic heterocycles. The van der Waals surface area contributed by atoms with Gasteiger partial charge in [0.05, 0.1) is 5.69 Å². The van der Waals surface area contributed by atoms with E-state index in [4.69, 9.17) is 0 Å². The van der Waals surface area contributed by atoms with Crippen molar-refractivity contribution in [2.75, 3.05) is 34.8 Å². The fourth-order valence-corrected chi connectivity index (χ4v) is 5.55. The number of anilines is 4. The molecule has 1 aromatic carbocycles. The molecule has 170 valence electrons. The number of pyridine rings is 1. The van der Waals surface area contributed by atoms with Crippen LogP contribution in [0.3, 0.4) is 0 Å². The monoisotopic (exact) mass is 434 g/mol. The molecule has 2 aromatic rings. The molecular weight excluding hydrogens is 400 g/mol. The summed E-state index contributed by atoms with van der Waals surface area (Å²) in [5.41, 5.74) is 4.41. The molecular formula is C26H34N4O2. The average molecular weight is 435 g/mol. The predicted molar refractivity (Wildman–Crippen MR) is 129 cm³/mol. The van der Waals surface area contributed by atoms with Gasteiger partial charge < -0.3 is 20.2 Å². The number of piperidine rings is 1. The fraction of sp³-hybridized carbons (Fsp3) is 0.538. The van der Waals surface area contributed by atoms with Crippen LogP contribution in [-0.2, 0) is 11.2 Å². The molecule has 32 heavy (non-hydrogen) atoms. The summed E-state index contributed by atoms with van der Waals surface area (Å²) < 4.78 is 0. The summed E-state index contributed by atoms with van der Waals surface area (Å²) in [6, 6.07) is 10.8. The molecule has 1 aliphatic carbocycles. The third kappa shape index (κ3) is 4.46. The van der Waals surface area contributed by atoms with Gasteiger partial charge in [0, 0.05) is 55.8 Å². The zero-order valence-electron chi connectivity index (χ0n) is 18.8. The zero-order chi connectivity index (χ0) is 21.9. The van der Waals surface area contributed by atoms with E-state index in [1.165, 1.54) is 30.5 Å². The van der Waals surface area contributed by atoms with Crippen LogP contribution in [0.25, 0.3) is 0 Å². The van der Waals surface area contributed by atoms with Crippen molar-refractivity contribution in [1.29, 1.82) is 0 Å². The van der Waals surface area contributed by atoms with Crippen molar-refractivity contribution in [2.45, 2.75) is 63.8 Å².